The first-order valence-corrected chi connectivity index (χ1v) is 5.86. The molecule has 4 heteroatoms. The molecular weight excluding hydrogens is 279 g/mol. The fourth-order valence-electron chi connectivity index (χ4n) is 2.81. The number of hydrogen-bond acceptors (Lipinski definition) is 2. The first-order chi connectivity index (χ1) is 6.20. The number of carbonyl (C=O) groups is 1. The summed E-state index contributed by atoms with van der Waals surface area (Å²) in [5.74, 6) is 2.45. The van der Waals surface area contributed by atoms with Crippen LogP contribution in [-0.4, -0.2) is 30.9 Å². The summed E-state index contributed by atoms with van der Waals surface area (Å²) in [6, 6.07) is 0. The van der Waals surface area contributed by atoms with Crippen molar-refractivity contribution < 1.29 is 4.79 Å². The molecule has 3 rings (SSSR count). The lowest BCUT2D eigenvalue weighted by Crippen LogP contribution is -2.54. The van der Waals surface area contributed by atoms with E-state index in [9.17, 15) is 4.79 Å². The molecule has 1 saturated carbocycles. The second-order valence-corrected chi connectivity index (χ2v) is 4.90. The highest BCUT2D eigenvalue weighted by molar-refractivity contribution is 14.1. The Balaban J connectivity index is 1.87. The van der Waals surface area contributed by atoms with Gasteiger partial charge in [-0.2, -0.15) is 0 Å². The van der Waals surface area contributed by atoms with Crippen LogP contribution in [0, 0.1) is 17.8 Å². The maximum absolute atomic E-state index is 11.2. The average Bonchev–Trinajstić information content (AvgIpc) is 2.13. The lowest BCUT2D eigenvalue weighted by molar-refractivity contribution is -0.124. The second-order valence-electron chi connectivity index (χ2n) is 4.36. The Hall–Kier alpha value is 0.160. The summed E-state index contributed by atoms with van der Waals surface area (Å²) in [5.41, 5.74) is 0. The van der Waals surface area contributed by atoms with Crippen molar-refractivity contribution in [3.63, 3.8) is 0 Å². The number of carbonyl (C=O) groups excluding carboxylic acids is 1. The van der Waals surface area contributed by atoms with Crippen LogP contribution >= 0.6 is 22.9 Å². The maximum atomic E-state index is 11.2. The van der Waals surface area contributed by atoms with Crippen LogP contribution in [0.25, 0.3) is 0 Å². The molecule has 1 amide bonds. The number of amides is 1. The van der Waals surface area contributed by atoms with E-state index in [1.54, 1.807) is 0 Å². The third kappa shape index (κ3) is 1.83. The molecule has 2 unspecified atom stereocenters. The van der Waals surface area contributed by atoms with E-state index in [4.69, 9.17) is 0 Å². The Labute approximate surface area is 92.7 Å². The molecule has 13 heavy (non-hydrogen) atoms. The van der Waals surface area contributed by atoms with Crippen LogP contribution in [0.1, 0.15) is 12.8 Å². The third-order valence-corrected chi connectivity index (χ3v) is 4.04. The van der Waals surface area contributed by atoms with Gasteiger partial charge in [0.05, 0.1) is 22.9 Å². The Kier molecular flexibility index (Phi) is 2.78. The lowest BCUT2D eigenvalue weighted by atomic mass is 9.60. The van der Waals surface area contributed by atoms with Gasteiger partial charge in [0.25, 0.3) is 0 Å². The van der Waals surface area contributed by atoms with Crippen molar-refractivity contribution in [3.05, 3.63) is 0 Å². The molecule has 3 fully saturated rings. The molecular formula is C9H15IN2O. The second kappa shape index (κ2) is 3.73. The van der Waals surface area contributed by atoms with Crippen LogP contribution in [0.2, 0.25) is 0 Å². The highest BCUT2D eigenvalue weighted by Crippen LogP contribution is 2.46. The standard InChI is InChI=1S/C9H15IN2O/c1-12-4-6-2-7(5-12)8(6)3-9(13)11-10/h6-8H,2-5H2,1H3,(H,11,13). The van der Waals surface area contributed by atoms with Crippen LogP contribution in [0.15, 0.2) is 0 Å². The molecule has 1 aliphatic carbocycles. The molecule has 0 spiro atoms. The number of fused-ring (bicyclic) bond motifs is 2. The van der Waals surface area contributed by atoms with Gasteiger partial charge < -0.3 is 4.90 Å². The summed E-state index contributed by atoms with van der Waals surface area (Å²) >= 11 is 1.93. The van der Waals surface area contributed by atoms with Crippen molar-refractivity contribution in [2.45, 2.75) is 12.8 Å². The molecule has 0 aromatic carbocycles. The quantitative estimate of drug-likeness (QED) is 0.610. The lowest BCUT2D eigenvalue weighted by Gasteiger charge is -2.52. The largest absolute Gasteiger partial charge is 0.306 e. The number of hydrogen-bond donors (Lipinski definition) is 1. The van der Waals surface area contributed by atoms with Crippen LogP contribution in [0.3, 0.4) is 0 Å². The summed E-state index contributed by atoms with van der Waals surface area (Å²) in [5, 5.41) is 0. The van der Waals surface area contributed by atoms with Crippen molar-refractivity contribution in [1.29, 1.82) is 0 Å². The number of nitrogens with zero attached hydrogens (tertiary/aromatic N) is 1. The van der Waals surface area contributed by atoms with E-state index >= 15 is 0 Å². The molecule has 3 nitrogen and oxygen atoms in total. The zero-order valence-corrected chi connectivity index (χ0v) is 9.95. The molecule has 2 heterocycles. The predicted octanol–water partition coefficient (Wildman–Crippen LogP) is 1.04. The van der Waals surface area contributed by atoms with Gasteiger partial charge in [0.15, 0.2) is 0 Å². The fraction of sp³-hybridized carbons (Fsp3) is 0.889. The zero-order valence-electron chi connectivity index (χ0n) is 7.79. The van der Waals surface area contributed by atoms with Crippen LogP contribution in [-0.2, 0) is 4.79 Å². The summed E-state index contributed by atoms with van der Waals surface area (Å²) in [6.07, 6.45) is 2.09. The van der Waals surface area contributed by atoms with Crippen LogP contribution < -0.4 is 3.53 Å². The Morgan fingerprint density at radius 2 is 2.15 bits per heavy atom. The molecule has 0 aromatic heterocycles. The number of halogens is 1. The van der Waals surface area contributed by atoms with Crippen molar-refractivity contribution in [2.75, 3.05) is 20.1 Å². The molecule has 2 aliphatic heterocycles. The minimum Gasteiger partial charge on any atom is -0.306 e. The summed E-state index contributed by atoms with van der Waals surface area (Å²) in [4.78, 5) is 13.6. The van der Waals surface area contributed by atoms with E-state index in [2.05, 4.69) is 15.5 Å². The molecule has 0 radical (unpaired) electrons. The SMILES string of the molecule is CN1CC2CC(C1)C2CC(=O)NI. The number of rotatable bonds is 2. The van der Waals surface area contributed by atoms with E-state index in [0.717, 1.165) is 18.3 Å². The van der Waals surface area contributed by atoms with E-state index in [1.807, 2.05) is 22.9 Å². The molecule has 2 atom stereocenters. The first kappa shape index (κ1) is 9.71. The maximum Gasteiger partial charge on any atom is 0.228 e. The number of nitrogens with one attached hydrogen (secondary N) is 1. The first-order valence-electron chi connectivity index (χ1n) is 4.78. The van der Waals surface area contributed by atoms with Gasteiger partial charge in [-0.25, -0.2) is 0 Å². The van der Waals surface area contributed by atoms with Crippen LogP contribution in [0.5, 0.6) is 0 Å². The molecule has 3 aliphatic rings. The van der Waals surface area contributed by atoms with Gasteiger partial charge in [-0.15, -0.1) is 0 Å². The Morgan fingerprint density at radius 1 is 1.54 bits per heavy atom. The van der Waals surface area contributed by atoms with Gasteiger partial charge in [-0.3, -0.25) is 8.32 Å². The summed E-state index contributed by atoms with van der Waals surface area (Å²) in [7, 11) is 2.17. The monoisotopic (exact) mass is 294 g/mol. The Morgan fingerprint density at radius 3 is 2.69 bits per heavy atom. The molecule has 2 saturated heterocycles. The molecule has 0 aromatic rings. The van der Waals surface area contributed by atoms with Crippen molar-refractivity contribution in [2.24, 2.45) is 17.8 Å². The van der Waals surface area contributed by atoms with Crippen molar-refractivity contribution in [3.8, 4) is 0 Å². The average molecular weight is 294 g/mol. The summed E-state index contributed by atoms with van der Waals surface area (Å²) < 4.78 is 2.68. The molecule has 1 N–H and O–H groups in total. The fourth-order valence-corrected chi connectivity index (χ4v) is 3.03. The van der Waals surface area contributed by atoms with Crippen LogP contribution in [0.4, 0.5) is 0 Å². The normalized spacial score (nSPS) is 38.2. The van der Waals surface area contributed by atoms with Gasteiger partial charge in [0, 0.05) is 19.5 Å². The van der Waals surface area contributed by atoms with Gasteiger partial charge in [0.2, 0.25) is 5.91 Å². The van der Waals surface area contributed by atoms with Gasteiger partial charge in [-0.05, 0) is 31.2 Å². The van der Waals surface area contributed by atoms with Crippen molar-refractivity contribution >= 4 is 28.8 Å². The van der Waals surface area contributed by atoms with E-state index < -0.39 is 0 Å². The van der Waals surface area contributed by atoms with E-state index in [1.165, 1.54) is 19.5 Å². The van der Waals surface area contributed by atoms with E-state index in [-0.39, 0.29) is 5.91 Å². The molecule has 74 valence electrons. The minimum atomic E-state index is 0.199. The smallest absolute Gasteiger partial charge is 0.228 e. The summed E-state index contributed by atoms with van der Waals surface area (Å²) in [6.45, 7) is 2.38. The predicted molar refractivity (Wildman–Crippen MR) is 59.4 cm³/mol. The van der Waals surface area contributed by atoms with E-state index in [0.29, 0.717) is 5.92 Å². The van der Waals surface area contributed by atoms with Gasteiger partial charge in [0.1, 0.15) is 0 Å². The van der Waals surface area contributed by atoms with Gasteiger partial charge in [-0.1, -0.05) is 0 Å². The Bertz CT molecular complexity index is 210. The highest BCUT2D eigenvalue weighted by atomic mass is 127. The molecule has 2 bridgehead atoms. The number of piperidine rings is 2. The third-order valence-electron chi connectivity index (χ3n) is 3.44. The highest BCUT2D eigenvalue weighted by Gasteiger charge is 2.45. The zero-order chi connectivity index (χ0) is 9.42. The van der Waals surface area contributed by atoms with Gasteiger partial charge >= 0.3 is 0 Å². The van der Waals surface area contributed by atoms with Crippen molar-refractivity contribution in [1.82, 2.24) is 8.43 Å². The topological polar surface area (TPSA) is 32.3 Å². The minimum absolute atomic E-state index is 0.199.